The van der Waals surface area contributed by atoms with E-state index in [9.17, 15) is 0 Å². The number of nitrogens with one attached hydrogen (secondary N) is 2. The second-order valence-corrected chi connectivity index (χ2v) is 4.40. The highest BCUT2D eigenvalue weighted by atomic mass is 127. The van der Waals surface area contributed by atoms with Crippen molar-refractivity contribution >= 4 is 29.9 Å². The summed E-state index contributed by atoms with van der Waals surface area (Å²) >= 11 is 0. The molecule has 0 aliphatic heterocycles. The lowest BCUT2D eigenvalue weighted by Gasteiger charge is -2.10. The maximum atomic E-state index is 5.73. The van der Waals surface area contributed by atoms with Gasteiger partial charge in [0.15, 0.2) is 5.96 Å². The Balaban J connectivity index is 0.00000400. The second kappa shape index (κ2) is 12.5. The predicted molar refractivity (Wildman–Crippen MR) is 101 cm³/mol. The zero-order valence-corrected chi connectivity index (χ0v) is 15.2. The van der Waals surface area contributed by atoms with Gasteiger partial charge in [0, 0.05) is 26.1 Å². The Labute approximate surface area is 145 Å². The third-order valence-electron chi connectivity index (χ3n) is 2.68. The average molecular weight is 403 g/mol. The maximum Gasteiger partial charge on any atom is 0.191 e. The van der Waals surface area contributed by atoms with E-state index >= 15 is 0 Å². The van der Waals surface area contributed by atoms with Crippen molar-refractivity contribution in [2.75, 3.05) is 26.2 Å². The topological polar surface area (TPSA) is 45.7 Å². The number of rotatable bonds is 8. The van der Waals surface area contributed by atoms with E-state index in [1.54, 1.807) is 0 Å². The summed E-state index contributed by atoms with van der Waals surface area (Å²) in [5, 5.41) is 6.35. The van der Waals surface area contributed by atoms with Crippen LogP contribution in [0.4, 0.5) is 0 Å². The molecule has 2 N–H and O–H groups in total. The van der Waals surface area contributed by atoms with Crippen LogP contribution in [-0.2, 0) is 0 Å². The molecule has 0 aliphatic rings. The fraction of sp³-hybridized carbons (Fsp3) is 0.438. The van der Waals surface area contributed by atoms with Gasteiger partial charge in [-0.2, -0.15) is 0 Å². The van der Waals surface area contributed by atoms with E-state index in [2.05, 4.69) is 35.2 Å². The molecule has 1 aromatic carbocycles. The molecule has 118 valence electrons. The molecule has 0 saturated heterocycles. The van der Waals surface area contributed by atoms with Gasteiger partial charge in [0.1, 0.15) is 5.75 Å². The van der Waals surface area contributed by atoms with Crippen LogP contribution in [-0.4, -0.2) is 32.2 Å². The molecule has 0 aromatic heterocycles. The summed E-state index contributed by atoms with van der Waals surface area (Å²) < 4.78 is 5.73. The molecule has 0 unspecified atom stereocenters. The molecule has 5 heteroatoms. The van der Waals surface area contributed by atoms with E-state index in [1.807, 2.05) is 31.2 Å². The van der Waals surface area contributed by atoms with Gasteiger partial charge in [-0.25, -0.2) is 0 Å². The van der Waals surface area contributed by atoms with Crippen LogP contribution < -0.4 is 15.4 Å². The Kier molecular flexibility index (Phi) is 11.8. The Hall–Kier alpha value is -1.24. The van der Waals surface area contributed by atoms with Gasteiger partial charge < -0.3 is 15.4 Å². The lowest BCUT2D eigenvalue weighted by Crippen LogP contribution is -2.37. The van der Waals surface area contributed by atoms with Gasteiger partial charge in [-0.1, -0.05) is 24.3 Å². The number of para-hydroxylation sites is 1. The zero-order valence-electron chi connectivity index (χ0n) is 12.9. The van der Waals surface area contributed by atoms with Crippen LogP contribution in [0.5, 0.6) is 5.75 Å². The molecule has 4 nitrogen and oxygen atoms in total. The normalized spacial score (nSPS) is 10.5. The van der Waals surface area contributed by atoms with Gasteiger partial charge >= 0.3 is 0 Å². The molecular formula is C16H26IN3O. The lowest BCUT2D eigenvalue weighted by molar-refractivity contribution is 0.311. The third kappa shape index (κ3) is 8.60. The number of guanidine groups is 1. The molecule has 1 aromatic rings. The van der Waals surface area contributed by atoms with Crippen molar-refractivity contribution in [1.29, 1.82) is 0 Å². The number of aryl methyl sites for hydroxylation is 1. The molecule has 0 saturated carbocycles. The van der Waals surface area contributed by atoms with E-state index in [0.29, 0.717) is 13.2 Å². The standard InChI is InChI=1S/C16H25N3O.HI/c1-4-11-18-16(17-5-2)19-12-8-13-20-15-10-7-6-9-14(15)3;/h4,6-7,9-10H,1,5,8,11-13H2,2-3H3,(H2,17,18,19);1H. The highest BCUT2D eigenvalue weighted by molar-refractivity contribution is 14.0. The predicted octanol–water partition coefficient (Wildman–Crippen LogP) is 3.12. The fourth-order valence-corrected chi connectivity index (χ4v) is 1.67. The van der Waals surface area contributed by atoms with E-state index in [1.165, 1.54) is 0 Å². The van der Waals surface area contributed by atoms with Gasteiger partial charge in [-0.3, -0.25) is 4.99 Å². The number of hydrogen-bond acceptors (Lipinski definition) is 2. The molecule has 0 fully saturated rings. The van der Waals surface area contributed by atoms with Crippen molar-refractivity contribution in [1.82, 2.24) is 10.6 Å². The van der Waals surface area contributed by atoms with Gasteiger partial charge in [0.2, 0.25) is 0 Å². The summed E-state index contributed by atoms with van der Waals surface area (Å²) in [6.45, 7) is 10.8. The molecule has 1 rings (SSSR count). The maximum absolute atomic E-state index is 5.73. The van der Waals surface area contributed by atoms with Crippen LogP contribution in [0.25, 0.3) is 0 Å². The smallest absolute Gasteiger partial charge is 0.191 e. The molecule has 0 bridgehead atoms. The van der Waals surface area contributed by atoms with Crippen LogP contribution in [0.3, 0.4) is 0 Å². The Morgan fingerprint density at radius 2 is 2.10 bits per heavy atom. The summed E-state index contributed by atoms with van der Waals surface area (Å²) in [7, 11) is 0. The van der Waals surface area contributed by atoms with E-state index in [0.717, 1.165) is 36.8 Å². The van der Waals surface area contributed by atoms with Gasteiger partial charge in [0.25, 0.3) is 0 Å². The van der Waals surface area contributed by atoms with E-state index < -0.39 is 0 Å². The number of aliphatic imine (C=N–C) groups is 1. The van der Waals surface area contributed by atoms with Gasteiger partial charge in [-0.15, -0.1) is 30.6 Å². The summed E-state index contributed by atoms with van der Waals surface area (Å²) in [6.07, 6.45) is 2.70. The van der Waals surface area contributed by atoms with Gasteiger partial charge in [-0.05, 0) is 25.5 Å². The second-order valence-electron chi connectivity index (χ2n) is 4.40. The SMILES string of the molecule is C=CCNC(=NCCCOc1ccccc1C)NCC.I. The van der Waals surface area contributed by atoms with Crippen molar-refractivity contribution in [3.05, 3.63) is 42.5 Å². The monoisotopic (exact) mass is 403 g/mol. The van der Waals surface area contributed by atoms with Crippen molar-refractivity contribution in [3.63, 3.8) is 0 Å². The van der Waals surface area contributed by atoms with Crippen LogP contribution in [0, 0.1) is 6.92 Å². The molecule has 0 aliphatic carbocycles. The molecule has 0 spiro atoms. The Morgan fingerprint density at radius 1 is 1.33 bits per heavy atom. The minimum atomic E-state index is 0. The minimum absolute atomic E-state index is 0. The summed E-state index contributed by atoms with van der Waals surface area (Å²) in [5.41, 5.74) is 1.16. The Morgan fingerprint density at radius 3 is 2.76 bits per heavy atom. The number of nitrogens with zero attached hydrogens (tertiary/aromatic N) is 1. The fourth-order valence-electron chi connectivity index (χ4n) is 1.67. The highest BCUT2D eigenvalue weighted by Crippen LogP contribution is 2.15. The molecular weight excluding hydrogens is 377 g/mol. The molecule has 0 heterocycles. The van der Waals surface area contributed by atoms with Crippen molar-refractivity contribution in [2.45, 2.75) is 20.3 Å². The number of benzene rings is 1. The first-order chi connectivity index (χ1) is 9.77. The summed E-state index contributed by atoms with van der Waals surface area (Å²) in [5.74, 6) is 1.77. The lowest BCUT2D eigenvalue weighted by atomic mass is 10.2. The van der Waals surface area contributed by atoms with Crippen LogP contribution in [0.15, 0.2) is 41.9 Å². The van der Waals surface area contributed by atoms with E-state index in [-0.39, 0.29) is 24.0 Å². The molecule has 21 heavy (non-hydrogen) atoms. The summed E-state index contributed by atoms with van der Waals surface area (Å²) in [6, 6.07) is 8.05. The van der Waals surface area contributed by atoms with E-state index in [4.69, 9.17) is 4.74 Å². The van der Waals surface area contributed by atoms with Crippen molar-refractivity contribution < 1.29 is 4.74 Å². The molecule has 0 atom stereocenters. The summed E-state index contributed by atoms with van der Waals surface area (Å²) in [4.78, 5) is 4.47. The largest absolute Gasteiger partial charge is 0.493 e. The van der Waals surface area contributed by atoms with Crippen LogP contribution in [0.1, 0.15) is 18.9 Å². The Bertz CT molecular complexity index is 435. The highest BCUT2D eigenvalue weighted by Gasteiger charge is 1.98. The quantitative estimate of drug-likeness (QED) is 0.231. The number of ether oxygens (including phenoxy) is 1. The first kappa shape index (κ1) is 19.8. The third-order valence-corrected chi connectivity index (χ3v) is 2.68. The van der Waals surface area contributed by atoms with Crippen molar-refractivity contribution in [2.24, 2.45) is 4.99 Å². The van der Waals surface area contributed by atoms with Crippen LogP contribution >= 0.6 is 24.0 Å². The number of hydrogen-bond donors (Lipinski definition) is 2. The first-order valence-electron chi connectivity index (χ1n) is 7.09. The molecule has 0 radical (unpaired) electrons. The van der Waals surface area contributed by atoms with Gasteiger partial charge in [0.05, 0.1) is 6.61 Å². The first-order valence-corrected chi connectivity index (χ1v) is 7.09. The van der Waals surface area contributed by atoms with Crippen molar-refractivity contribution in [3.8, 4) is 5.75 Å². The number of halogens is 1. The minimum Gasteiger partial charge on any atom is -0.493 e. The zero-order chi connectivity index (χ0) is 14.6. The van der Waals surface area contributed by atoms with Crippen LogP contribution in [0.2, 0.25) is 0 Å². The molecule has 0 amide bonds. The average Bonchev–Trinajstić information content (AvgIpc) is 2.46.